The molecule has 1 rings (SSSR count). The van der Waals surface area contributed by atoms with Gasteiger partial charge in [-0.25, -0.2) is 0 Å². The van der Waals surface area contributed by atoms with E-state index in [4.69, 9.17) is 5.73 Å². The average molecular weight is 208 g/mol. The van der Waals surface area contributed by atoms with Crippen molar-refractivity contribution in [2.75, 3.05) is 24.2 Å². The third-order valence-electron chi connectivity index (χ3n) is 2.51. The fourth-order valence-electron chi connectivity index (χ4n) is 1.61. The van der Waals surface area contributed by atoms with Crippen molar-refractivity contribution >= 4 is 11.4 Å². The van der Waals surface area contributed by atoms with Crippen molar-refractivity contribution in [2.24, 2.45) is 0 Å². The fourth-order valence-corrected chi connectivity index (χ4v) is 1.61. The summed E-state index contributed by atoms with van der Waals surface area (Å²) in [5, 5.41) is 9.21. The third-order valence-corrected chi connectivity index (χ3v) is 2.51. The topological polar surface area (TPSA) is 49.5 Å². The SMILES string of the molecule is Cc1cc(N)ccc1N(C)CCC(C)O. The Balaban J connectivity index is 2.69. The first-order chi connectivity index (χ1) is 7.00. The normalized spacial score (nSPS) is 12.5. The van der Waals surface area contributed by atoms with Crippen molar-refractivity contribution in [1.29, 1.82) is 0 Å². The lowest BCUT2D eigenvalue weighted by atomic mass is 10.1. The van der Waals surface area contributed by atoms with E-state index in [9.17, 15) is 5.11 Å². The highest BCUT2D eigenvalue weighted by Gasteiger charge is 2.05. The number of nitrogen functional groups attached to an aromatic ring is 1. The van der Waals surface area contributed by atoms with Crippen LogP contribution in [0.4, 0.5) is 11.4 Å². The van der Waals surface area contributed by atoms with Gasteiger partial charge in [-0.15, -0.1) is 0 Å². The van der Waals surface area contributed by atoms with E-state index in [1.807, 2.05) is 39.1 Å². The van der Waals surface area contributed by atoms with Crippen molar-refractivity contribution in [3.63, 3.8) is 0 Å². The lowest BCUT2D eigenvalue weighted by Gasteiger charge is -2.22. The predicted molar refractivity (Wildman–Crippen MR) is 65.2 cm³/mol. The second-order valence-electron chi connectivity index (χ2n) is 4.11. The molecule has 0 heterocycles. The largest absolute Gasteiger partial charge is 0.399 e. The van der Waals surface area contributed by atoms with Crippen LogP contribution in [0, 0.1) is 6.92 Å². The molecule has 1 aromatic rings. The molecular formula is C12H20N2O. The Kier molecular flexibility index (Phi) is 3.97. The molecule has 1 unspecified atom stereocenters. The maximum absolute atomic E-state index is 9.21. The molecule has 0 saturated heterocycles. The Morgan fingerprint density at radius 3 is 2.67 bits per heavy atom. The molecule has 1 aromatic carbocycles. The predicted octanol–water partition coefficient (Wildman–Crippen LogP) is 1.78. The summed E-state index contributed by atoms with van der Waals surface area (Å²) >= 11 is 0. The van der Waals surface area contributed by atoms with Gasteiger partial charge in [-0.3, -0.25) is 0 Å². The van der Waals surface area contributed by atoms with Gasteiger partial charge in [0.1, 0.15) is 0 Å². The number of aliphatic hydroxyl groups is 1. The van der Waals surface area contributed by atoms with Crippen LogP contribution >= 0.6 is 0 Å². The van der Waals surface area contributed by atoms with Crippen molar-refractivity contribution in [2.45, 2.75) is 26.4 Å². The van der Waals surface area contributed by atoms with Crippen LogP contribution in [0.15, 0.2) is 18.2 Å². The first kappa shape index (κ1) is 11.9. The van der Waals surface area contributed by atoms with E-state index in [1.54, 1.807) is 0 Å². The smallest absolute Gasteiger partial charge is 0.0528 e. The number of anilines is 2. The molecule has 0 aliphatic carbocycles. The van der Waals surface area contributed by atoms with Crippen LogP contribution in [0.2, 0.25) is 0 Å². The first-order valence-electron chi connectivity index (χ1n) is 5.26. The summed E-state index contributed by atoms with van der Waals surface area (Å²) in [6.07, 6.45) is 0.530. The van der Waals surface area contributed by atoms with E-state index < -0.39 is 0 Å². The van der Waals surface area contributed by atoms with Crippen molar-refractivity contribution in [1.82, 2.24) is 0 Å². The second-order valence-corrected chi connectivity index (χ2v) is 4.11. The Morgan fingerprint density at radius 2 is 2.13 bits per heavy atom. The van der Waals surface area contributed by atoms with E-state index >= 15 is 0 Å². The zero-order valence-electron chi connectivity index (χ0n) is 9.70. The Morgan fingerprint density at radius 1 is 1.47 bits per heavy atom. The number of rotatable bonds is 4. The Hall–Kier alpha value is -1.22. The first-order valence-corrected chi connectivity index (χ1v) is 5.26. The minimum Gasteiger partial charge on any atom is -0.399 e. The van der Waals surface area contributed by atoms with Crippen molar-refractivity contribution < 1.29 is 5.11 Å². The zero-order valence-corrected chi connectivity index (χ0v) is 9.70. The zero-order chi connectivity index (χ0) is 11.4. The molecule has 0 amide bonds. The van der Waals surface area contributed by atoms with E-state index in [-0.39, 0.29) is 6.10 Å². The van der Waals surface area contributed by atoms with Crippen LogP contribution in [0.3, 0.4) is 0 Å². The van der Waals surface area contributed by atoms with Crippen molar-refractivity contribution in [3.8, 4) is 0 Å². The monoisotopic (exact) mass is 208 g/mol. The number of hydrogen-bond donors (Lipinski definition) is 2. The van der Waals surface area contributed by atoms with Gasteiger partial charge < -0.3 is 15.7 Å². The molecule has 0 spiro atoms. The third kappa shape index (κ3) is 3.44. The minimum atomic E-state index is -0.249. The number of hydrogen-bond acceptors (Lipinski definition) is 3. The minimum absolute atomic E-state index is 0.249. The molecular weight excluding hydrogens is 188 g/mol. The van der Waals surface area contributed by atoms with Crippen LogP contribution in [-0.4, -0.2) is 24.8 Å². The lowest BCUT2D eigenvalue weighted by molar-refractivity contribution is 0.187. The van der Waals surface area contributed by atoms with Crippen LogP contribution in [-0.2, 0) is 0 Å². The van der Waals surface area contributed by atoms with E-state index in [2.05, 4.69) is 4.90 Å². The van der Waals surface area contributed by atoms with E-state index in [0.717, 1.165) is 18.7 Å². The van der Waals surface area contributed by atoms with Gasteiger partial charge in [-0.2, -0.15) is 0 Å². The van der Waals surface area contributed by atoms with E-state index in [1.165, 1.54) is 11.3 Å². The molecule has 0 aliphatic heterocycles. The highest BCUT2D eigenvalue weighted by Crippen LogP contribution is 2.21. The molecule has 0 aromatic heterocycles. The Labute approximate surface area is 91.5 Å². The van der Waals surface area contributed by atoms with Crippen LogP contribution in [0.5, 0.6) is 0 Å². The summed E-state index contributed by atoms with van der Waals surface area (Å²) in [5.74, 6) is 0. The van der Waals surface area contributed by atoms with Gasteiger partial charge in [0, 0.05) is 25.0 Å². The number of benzene rings is 1. The van der Waals surface area contributed by atoms with Gasteiger partial charge in [0.2, 0.25) is 0 Å². The summed E-state index contributed by atoms with van der Waals surface area (Å²) in [7, 11) is 2.03. The molecule has 0 aliphatic rings. The number of aliphatic hydroxyl groups excluding tert-OH is 1. The molecule has 3 heteroatoms. The molecule has 0 saturated carbocycles. The van der Waals surface area contributed by atoms with Crippen LogP contribution < -0.4 is 10.6 Å². The number of nitrogens with zero attached hydrogens (tertiary/aromatic N) is 1. The fraction of sp³-hybridized carbons (Fsp3) is 0.500. The molecule has 3 nitrogen and oxygen atoms in total. The highest BCUT2D eigenvalue weighted by atomic mass is 16.3. The lowest BCUT2D eigenvalue weighted by Crippen LogP contribution is -2.22. The summed E-state index contributed by atoms with van der Waals surface area (Å²) in [6.45, 7) is 4.71. The summed E-state index contributed by atoms with van der Waals surface area (Å²) in [5.41, 5.74) is 8.82. The molecule has 0 radical (unpaired) electrons. The van der Waals surface area contributed by atoms with Gasteiger partial charge in [0.15, 0.2) is 0 Å². The molecule has 84 valence electrons. The van der Waals surface area contributed by atoms with E-state index in [0.29, 0.717) is 0 Å². The van der Waals surface area contributed by atoms with Crippen LogP contribution in [0.25, 0.3) is 0 Å². The molecule has 1 atom stereocenters. The maximum Gasteiger partial charge on any atom is 0.0528 e. The standard InChI is InChI=1S/C12H20N2O/c1-9-8-11(13)4-5-12(9)14(3)7-6-10(2)15/h4-5,8,10,15H,6-7,13H2,1-3H3. The molecule has 0 bridgehead atoms. The average Bonchev–Trinajstić information content (AvgIpc) is 2.14. The van der Waals surface area contributed by atoms with Gasteiger partial charge in [-0.05, 0) is 44.0 Å². The van der Waals surface area contributed by atoms with Gasteiger partial charge in [0.25, 0.3) is 0 Å². The van der Waals surface area contributed by atoms with Crippen LogP contribution in [0.1, 0.15) is 18.9 Å². The molecule has 15 heavy (non-hydrogen) atoms. The van der Waals surface area contributed by atoms with Crippen molar-refractivity contribution in [3.05, 3.63) is 23.8 Å². The summed E-state index contributed by atoms with van der Waals surface area (Å²) < 4.78 is 0. The second kappa shape index (κ2) is 5.03. The van der Waals surface area contributed by atoms with Gasteiger partial charge >= 0.3 is 0 Å². The van der Waals surface area contributed by atoms with Gasteiger partial charge in [0.05, 0.1) is 6.10 Å². The Bertz CT molecular complexity index is 323. The maximum atomic E-state index is 9.21. The van der Waals surface area contributed by atoms with Gasteiger partial charge in [-0.1, -0.05) is 0 Å². The molecule has 0 fully saturated rings. The quantitative estimate of drug-likeness (QED) is 0.742. The number of aryl methyl sites for hydroxylation is 1. The summed E-state index contributed by atoms with van der Waals surface area (Å²) in [4.78, 5) is 2.14. The highest BCUT2D eigenvalue weighted by molar-refractivity contribution is 5.58. The summed E-state index contributed by atoms with van der Waals surface area (Å²) in [6, 6.07) is 5.89. The molecule has 3 N–H and O–H groups in total. The number of nitrogens with two attached hydrogens (primary N) is 1.